The van der Waals surface area contributed by atoms with Crippen molar-refractivity contribution >= 4 is 40.2 Å². The molecule has 168 valence electrons. The molecule has 3 aliphatic carbocycles. The third-order valence-corrected chi connectivity index (χ3v) is 9.40. The summed E-state index contributed by atoms with van der Waals surface area (Å²) >= 11 is 0. The van der Waals surface area contributed by atoms with Gasteiger partial charge in [0.15, 0.2) is 0 Å². The van der Waals surface area contributed by atoms with Crippen molar-refractivity contribution in [3.8, 4) is 0 Å². The molecule has 1 spiro atoms. The van der Waals surface area contributed by atoms with E-state index in [4.69, 9.17) is 0 Å². The molecule has 1 nitrogen and oxygen atoms in total. The lowest BCUT2D eigenvalue weighted by Crippen LogP contribution is -2.59. The van der Waals surface area contributed by atoms with Crippen LogP contribution >= 0.6 is 0 Å². The minimum atomic E-state index is -0.0768. The number of nitrogens with zero attached hydrogens (tertiary/aromatic N) is 1. The Kier molecular flexibility index (Phi) is 3.51. The predicted octanol–water partition coefficient (Wildman–Crippen LogP) is 5.87. The number of para-hydroxylation sites is 2. The molecule has 2 heterocycles. The van der Waals surface area contributed by atoms with Crippen LogP contribution < -0.4 is 21.3 Å². The molecule has 10 rings (SSSR count). The highest BCUT2D eigenvalue weighted by molar-refractivity contribution is 6.98. The Morgan fingerprint density at radius 3 is 2.25 bits per heavy atom. The largest absolute Gasteiger partial charge is 0.311 e. The lowest BCUT2D eigenvalue weighted by Gasteiger charge is -2.56. The van der Waals surface area contributed by atoms with Gasteiger partial charge in [0.2, 0.25) is 6.71 Å². The molecule has 2 heteroatoms. The van der Waals surface area contributed by atoms with Gasteiger partial charge in [-0.25, -0.2) is 0 Å². The van der Waals surface area contributed by atoms with E-state index in [1.165, 1.54) is 68.5 Å². The van der Waals surface area contributed by atoms with Crippen LogP contribution in [0, 0.1) is 0 Å². The van der Waals surface area contributed by atoms with E-state index in [0.717, 1.165) is 0 Å². The lowest BCUT2D eigenvalue weighted by atomic mass is 9.34. The van der Waals surface area contributed by atoms with E-state index in [9.17, 15) is 0 Å². The molecule has 5 aromatic rings. The molecule has 2 bridgehead atoms. The van der Waals surface area contributed by atoms with Gasteiger partial charge < -0.3 is 4.90 Å². The number of rotatable bonds is 1. The highest BCUT2D eigenvalue weighted by Gasteiger charge is 2.55. The van der Waals surface area contributed by atoms with Gasteiger partial charge >= 0.3 is 0 Å². The fraction of sp³-hybridized carbons (Fsp3) is 0.118. The van der Waals surface area contributed by atoms with Gasteiger partial charge in [-0.2, -0.15) is 0 Å². The summed E-state index contributed by atoms with van der Waals surface area (Å²) in [6.45, 7) is 0.227. The molecule has 0 N–H and O–H groups in total. The van der Waals surface area contributed by atoms with Gasteiger partial charge in [0.25, 0.3) is 0 Å². The third kappa shape index (κ3) is 2.08. The molecule has 0 fully saturated rings. The van der Waals surface area contributed by atoms with Gasteiger partial charge in [-0.3, -0.25) is 0 Å². The first kappa shape index (κ1) is 19.2. The predicted molar refractivity (Wildman–Crippen MR) is 150 cm³/mol. The molecule has 2 aliphatic heterocycles. The third-order valence-electron chi connectivity index (χ3n) is 9.40. The number of hydrogen-bond acceptors (Lipinski definition) is 1. The molecule has 0 saturated heterocycles. The second-order valence-corrected chi connectivity index (χ2v) is 10.8. The maximum atomic E-state index is 2.60. The Labute approximate surface area is 212 Å². The first-order valence-electron chi connectivity index (χ1n) is 13.2. The van der Waals surface area contributed by atoms with Crippen LogP contribution in [-0.4, -0.2) is 6.71 Å². The van der Waals surface area contributed by atoms with Gasteiger partial charge in [-0.15, -0.1) is 0 Å². The molecule has 2 unspecified atom stereocenters. The number of fused-ring (bicyclic) bond motifs is 4. The summed E-state index contributed by atoms with van der Waals surface area (Å²) in [5.41, 5.74) is 15.9. The van der Waals surface area contributed by atoms with Crippen molar-refractivity contribution in [2.45, 2.75) is 24.2 Å². The zero-order valence-corrected chi connectivity index (χ0v) is 20.0. The molecular formula is C34H24BN. The first-order chi connectivity index (χ1) is 17.9. The highest BCUT2D eigenvalue weighted by atomic mass is 15.2. The van der Waals surface area contributed by atoms with Crippen LogP contribution in [0.15, 0.2) is 115 Å². The molecule has 0 aromatic heterocycles. The van der Waals surface area contributed by atoms with E-state index < -0.39 is 0 Å². The Morgan fingerprint density at radius 1 is 0.611 bits per heavy atom. The maximum Gasteiger partial charge on any atom is 0.246 e. The monoisotopic (exact) mass is 457 g/mol. The van der Waals surface area contributed by atoms with E-state index >= 15 is 0 Å². The Bertz CT molecular complexity index is 1720. The van der Waals surface area contributed by atoms with Crippen LogP contribution in [0.2, 0.25) is 0 Å². The van der Waals surface area contributed by atoms with Crippen molar-refractivity contribution in [1.29, 1.82) is 0 Å². The Morgan fingerprint density at radius 2 is 1.31 bits per heavy atom. The lowest BCUT2D eigenvalue weighted by molar-refractivity contribution is 0.425. The van der Waals surface area contributed by atoms with Gasteiger partial charge in [-0.1, -0.05) is 109 Å². The number of benzene rings is 5. The summed E-state index contributed by atoms with van der Waals surface area (Å²) < 4.78 is 0. The van der Waals surface area contributed by atoms with Gasteiger partial charge in [0.05, 0.1) is 5.69 Å². The molecule has 36 heavy (non-hydrogen) atoms. The average Bonchev–Trinajstić information content (AvgIpc) is 2.96. The Hall–Kier alpha value is -4.04. The second-order valence-electron chi connectivity index (χ2n) is 10.8. The van der Waals surface area contributed by atoms with Crippen LogP contribution in [0.25, 0.3) is 0 Å². The SMILES string of the molecule is c1ccc(B2c3ccccc3N3c4cccc5c4C4(CCC5c5ccccc54)c4cccc2c43)cc1. The molecule has 5 aromatic carbocycles. The van der Waals surface area contributed by atoms with E-state index in [2.05, 4.69) is 120 Å². The zero-order valence-electron chi connectivity index (χ0n) is 20.0. The molecule has 0 amide bonds. The smallest absolute Gasteiger partial charge is 0.246 e. The van der Waals surface area contributed by atoms with Crippen molar-refractivity contribution in [3.63, 3.8) is 0 Å². The molecular weight excluding hydrogens is 433 g/mol. The molecule has 2 atom stereocenters. The minimum Gasteiger partial charge on any atom is -0.311 e. The summed E-state index contributed by atoms with van der Waals surface area (Å²) in [5.74, 6) is 0.500. The molecule has 5 aliphatic rings. The standard InChI is InChI=1S/C34H24BN/c1-2-10-22(11-3-1)35-28-16-6-7-18-30(28)36-31-19-8-13-25-23-20-21-34(32(25)31,26-14-5-4-12-24(23)26)27-15-9-17-29(35)33(27)36/h1-19,23H,20-21H2. The number of anilines is 3. The highest BCUT2D eigenvalue weighted by Crippen LogP contribution is 2.66. The van der Waals surface area contributed by atoms with E-state index in [0.29, 0.717) is 5.92 Å². The van der Waals surface area contributed by atoms with E-state index in [-0.39, 0.29) is 12.1 Å². The summed E-state index contributed by atoms with van der Waals surface area (Å²) in [6.07, 6.45) is 2.40. The van der Waals surface area contributed by atoms with Crippen molar-refractivity contribution in [2.24, 2.45) is 0 Å². The zero-order chi connectivity index (χ0) is 23.4. The normalized spacial score (nSPS) is 21.4. The summed E-state index contributed by atoms with van der Waals surface area (Å²) in [6, 6.07) is 43.7. The molecule has 0 radical (unpaired) electrons. The molecule has 0 saturated carbocycles. The van der Waals surface area contributed by atoms with Gasteiger partial charge in [0.1, 0.15) is 0 Å². The summed E-state index contributed by atoms with van der Waals surface area (Å²) in [7, 11) is 0. The quantitative estimate of drug-likeness (QED) is 0.279. The van der Waals surface area contributed by atoms with E-state index in [1.54, 1.807) is 5.56 Å². The van der Waals surface area contributed by atoms with Crippen LogP contribution in [0.4, 0.5) is 17.1 Å². The van der Waals surface area contributed by atoms with Crippen LogP contribution in [0.1, 0.15) is 46.6 Å². The summed E-state index contributed by atoms with van der Waals surface area (Å²) in [4.78, 5) is 2.60. The Balaban J connectivity index is 1.46. The fourth-order valence-corrected chi connectivity index (χ4v) is 8.20. The maximum absolute atomic E-state index is 2.60. The van der Waals surface area contributed by atoms with Gasteiger partial charge in [0, 0.05) is 22.7 Å². The second kappa shape index (κ2) is 6.59. The fourth-order valence-electron chi connectivity index (χ4n) is 8.20. The average molecular weight is 457 g/mol. The first-order valence-corrected chi connectivity index (χ1v) is 13.2. The van der Waals surface area contributed by atoms with Gasteiger partial charge in [-0.05, 0) is 63.7 Å². The van der Waals surface area contributed by atoms with Crippen molar-refractivity contribution in [1.82, 2.24) is 0 Å². The number of hydrogen-bond donors (Lipinski definition) is 0. The van der Waals surface area contributed by atoms with Crippen molar-refractivity contribution in [2.75, 3.05) is 4.90 Å². The van der Waals surface area contributed by atoms with Crippen LogP contribution in [0.3, 0.4) is 0 Å². The summed E-state index contributed by atoms with van der Waals surface area (Å²) in [5, 5.41) is 0. The van der Waals surface area contributed by atoms with Crippen molar-refractivity contribution in [3.05, 3.63) is 143 Å². The van der Waals surface area contributed by atoms with Crippen LogP contribution in [0.5, 0.6) is 0 Å². The van der Waals surface area contributed by atoms with Crippen LogP contribution in [-0.2, 0) is 5.41 Å². The van der Waals surface area contributed by atoms with Crippen molar-refractivity contribution < 1.29 is 0 Å². The topological polar surface area (TPSA) is 3.24 Å². The van der Waals surface area contributed by atoms with E-state index in [1.807, 2.05) is 0 Å². The minimum absolute atomic E-state index is 0.0768.